The van der Waals surface area contributed by atoms with Crippen molar-refractivity contribution in [3.63, 3.8) is 0 Å². The molecule has 2 atom stereocenters. The normalized spacial score (nSPS) is 17.3. The minimum Gasteiger partial charge on any atom is -0.375 e. The predicted molar refractivity (Wildman–Crippen MR) is 122 cm³/mol. The van der Waals surface area contributed by atoms with Crippen molar-refractivity contribution in [2.24, 2.45) is 0 Å². The van der Waals surface area contributed by atoms with Crippen LogP contribution in [0.25, 0.3) is 22.1 Å². The summed E-state index contributed by atoms with van der Waals surface area (Å²) in [4.78, 5) is 7.30. The van der Waals surface area contributed by atoms with Crippen LogP contribution in [-0.2, 0) is 6.42 Å². The molecule has 0 saturated carbocycles. The second-order valence-corrected chi connectivity index (χ2v) is 8.61. The lowest BCUT2D eigenvalue weighted by molar-refractivity contribution is 0.416. The molecule has 1 N–H and O–H groups in total. The smallest absolute Gasteiger partial charge is 0.199 e. The highest BCUT2D eigenvalue weighted by molar-refractivity contribution is 5.91. The first-order chi connectivity index (χ1) is 17.4. The third-order valence-corrected chi connectivity index (χ3v) is 6.60. The summed E-state index contributed by atoms with van der Waals surface area (Å²) in [5, 5.41) is 3.07. The van der Waals surface area contributed by atoms with Gasteiger partial charge in [0.1, 0.15) is 22.1 Å². The van der Waals surface area contributed by atoms with Crippen LogP contribution in [0.15, 0.2) is 60.7 Å². The van der Waals surface area contributed by atoms with Crippen molar-refractivity contribution in [1.82, 2.24) is 9.97 Å². The van der Waals surface area contributed by atoms with Crippen molar-refractivity contribution in [1.29, 1.82) is 0 Å². The number of nitrogens with one attached hydrogen (secondary N) is 1. The maximum atomic E-state index is 15.8. The van der Waals surface area contributed by atoms with E-state index in [1.54, 1.807) is 0 Å². The van der Waals surface area contributed by atoms with Crippen LogP contribution in [0.3, 0.4) is 0 Å². The molecule has 1 aromatic heterocycles. The first-order valence-electron chi connectivity index (χ1n) is 11.1. The number of halogens is 6. The minimum absolute atomic E-state index is 0.0545. The molecule has 0 amide bonds. The molecule has 0 bridgehead atoms. The van der Waals surface area contributed by atoms with Crippen molar-refractivity contribution in [3.05, 3.63) is 112 Å². The zero-order chi connectivity index (χ0) is 25.1. The van der Waals surface area contributed by atoms with E-state index in [2.05, 4.69) is 15.3 Å². The van der Waals surface area contributed by atoms with Gasteiger partial charge in [0.15, 0.2) is 34.9 Å². The molecule has 9 heteroatoms. The molecule has 4 aromatic carbocycles. The summed E-state index contributed by atoms with van der Waals surface area (Å²) in [6, 6.07) is 18.0. The van der Waals surface area contributed by atoms with Crippen molar-refractivity contribution in [2.45, 2.75) is 18.4 Å². The summed E-state index contributed by atoms with van der Waals surface area (Å²) in [5.74, 6) is -10.3. The number of rotatable bonds is 2. The van der Waals surface area contributed by atoms with Gasteiger partial charge in [0, 0.05) is 11.5 Å². The van der Waals surface area contributed by atoms with Gasteiger partial charge in [0.25, 0.3) is 0 Å². The van der Waals surface area contributed by atoms with Crippen LogP contribution >= 0.6 is 0 Å². The summed E-state index contributed by atoms with van der Waals surface area (Å²) in [6.45, 7) is 0. The van der Waals surface area contributed by atoms with Gasteiger partial charge in [-0.1, -0.05) is 60.7 Å². The molecule has 0 radical (unpaired) electrons. The average Bonchev–Trinajstić information content (AvgIpc) is 2.93. The van der Waals surface area contributed by atoms with Crippen LogP contribution in [0.2, 0.25) is 0 Å². The number of hydrogen-bond donors (Lipinski definition) is 1. The highest BCUT2D eigenvalue weighted by Gasteiger charge is 2.36. The van der Waals surface area contributed by atoms with Gasteiger partial charge in [-0.25, -0.2) is 36.3 Å². The minimum atomic E-state index is -2.11. The van der Waals surface area contributed by atoms with E-state index in [-0.39, 0.29) is 23.6 Å². The fourth-order valence-electron chi connectivity index (χ4n) is 4.87. The molecule has 180 valence electrons. The lowest BCUT2D eigenvalue weighted by atomic mass is 9.79. The number of anilines is 1. The molecule has 36 heavy (non-hydrogen) atoms. The number of fused-ring (bicyclic) bond motifs is 3. The van der Waals surface area contributed by atoms with Gasteiger partial charge >= 0.3 is 0 Å². The lowest BCUT2D eigenvalue weighted by Gasteiger charge is -2.36. The highest BCUT2D eigenvalue weighted by Crippen LogP contribution is 2.46. The Labute approximate surface area is 200 Å². The number of benzene rings is 4. The van der Waals surface area contributed by atoms with Crippen LogP contribution < -0.4 is 5.32 Å². The highest BCUT2D eigenvalue weighted by atomic mass is 19.2. The zero-order valence-corrected chi connectivity index (χ0v) is 18.3. The molecule has 6 rings (SSSR count). The van der Waals surface area contributed by atoms with Crippen molar-refractivity contribution in [2.75, 3.05) is 5.32 Å². The average molecular weight is 495 g/mol. The van der Waals surface area contributed by atoms with Gasteiger partial charge in [0.2, 0.25) is 0 Å². The van der Waals surface area contributed by atoms with E-state index < -0.39 is 63.0 Å². The lowest BCUT2D eigenvalue weighted by Crippen LogP contribution is -2.28. The third-order valence-electron chi connectivity index (χ3n) is 6.60. The molecular formula is C27H15F6N3. The van der Waals surface area contributed by atoms with Gasteiger partial charge in [0.05, 0.1) is 11.7 Å². The molecule has 0 spiro atoms. The molecule has 3 nitrogen and oxygen atoms in total. The Balaban J connectivity index is 1.62. The van der Waals surface area contributed by atoms with Crippen LogP contribution in [0.5, 0.6) is 0 Å². The standard InChI is InChI=1S/C27H15F6N3/c28-16-15-11-14(12-7-3-1-4-8-12)22(13-9-5-2-6-10-13)34-23(15)21(33)27-24(16)35-25-19(31)17(29)18(30)20(32)26(25)36-27/h1-10,14,22,34H,11H2. The van der Waals surface area contributed by atoms with E-state index in [0.717, 1.165) is 11.1 Å². The van der Waals surface area contributed by atoms with E-state index in [4.69, 9.17) is 0 Å². The molecule has 1 aliphatic rings. The number of nitrogens with zero attached hydrogens (tertiary/aromatic N) is 2. The molecule has 5 aromatic rings. The molecule has 2 heterocycles. The number of aromatic nitrogens is 2. The van der Waals surface area contributed by atoms with Gasteiger partial charge in [-0.05, 0) is 17.5 Å². The van der Waals surface area contributed by atoms with E-state index in [1.165, 1.54) is 0 Å². The van der Waals surface area contributed by atoms with E-state index >= 15 is 8.78 Å². The maximum Gasteiger partial charge on any atom is 0.199 e. The fraction of sp³-hybridized carbons (Fsp3) is 0.111. The fourth-order valence-corrected chi connectivity index (χ4v) is 4.87. The summed E-state index contributed by atoms with van der Waals surface area (Å²) in [7, 11) is 0. The SMILES string of the molecule is Fc1c(F)c(F)c2nc3c(F)c4c(c(F)c3nc2c1F)CC(c1ccccc1)C(c1ccccc1)N4. The third kappa shape index (κ3) is 3.22. The Hall–Kier alpha value is -4.14. The monoisotopic (exact) mass is 495 g/mol. The molecule has 0 saturated heterocycles. The Morgan fingerprint density at radius 1 is 0.556 bits per heavy atom. The Morgan fingerprint density at radius 2 is 1.03 bits per heavy atom. The predicted octanol–water partition coefficient (Wildman–Crippen LogP) is 7.11. The maximum absolute atomic E-state index is 15.8. The second-order valence-electron chi connectivity index (χ2n) is 8.61. The topological polar surface area (TPSA) is 37.8 Å². The van der Waals surface area contributed by atoms with Crippen molar-refractivity contribution < 1.29 is 26.3 Å². The van der Waals surface area contributed by atoms with Crippen LogP contribution in [0.1, 0.15) is 28.7 Å². The number of hydrogen-bond acceptors (Lipinski definition) is 3. The first kappa shape index (κ1) is 22.3. The summed E-state index contributed by atoms with van der Waals surface area (Å²) < 4.78 is 87.8. The van der Waals surface area contributed by atoms with Gasteiger partial charge < -0.3 is 5.32 Å². The van der Waals surface area contributed by atoms with E-state index in [9.17, 15) is 17.6 Å². The summed E-state index contributed by atoms with van der Waals surface area (Å²) in [6.07, 6.45) is 0.0545. The Morgan fingerprint density at radius 3 is 1.58 bits per heavy atom. The van der Waals surface area contributed by atoms with Crippen molar-refractivity contribution >= 4 is 27.8 Å². The molecular weight excluding hydrogens is 480 g/mol. The van der Waals surface area contributed by atoms with Crippen LogP contribution in [0.4, 0.5) is 32.0 Å². The second kappa shape index (κ2) is 8.22. The summed E-state index contributed by atoms with van der Waals surface area (Å²) >= 11 is 0. The van der Waals surface area contributed by atoms with Gasteiger partial charge in [-0.2, -0.15) is 0 Å². The molecule has 2 unspecified atom stereocenters. The van der Waals surface area contributed by atoms with Crippen molar-refractivity contribution in [3.8, 4) is 0 Å². The van der Waals surface area contributed by atoms with E-state index in [0.29, 0.717) is 0 Å². The van der Waals surface area contributed by atoms with Gasteiger partial charge in [-0.15, -0.1) is 0 Å². The van der Waals surface area contributed by atoms with Gasteiger partial charge in [-0.3, -0.25) is 0 Å². The molecule has 0 fully saturated rings. The van der Waals surface area contributed by atoms with Crippen LogP contribution in [-0.4, -0.2) is 9.97 Å². The largest absolute Gasteiger partial charge is 0.375 e. The molecule has 1 aliphatic heterocycles. The van der Waals surface area contributed by atoms with Crippen LogP contribution in [0, 0.1) is 34.9 Å². The Kier molecular flexibility index (Phi) is 5.10. The summed E-state index contributed by atoms with van der Waals surface area (Å²) in [5.41, 5.74) is -2.03. The van der Waals surface area contributed by atoms with E-state index in [1.807, 2.05) is 60.7 Å². The quantitative estimate of drug-likeness (QED) is 0.123. The zero-order valence-electron chi connectivity index (χ0n) is 18.3. The Bertz CT molecular complexity index is 1530. The first-order valence-corrected chi connectivity index (χ1v) is 11.1. The molecule has 0 aliphatic carbocycles.